The van der Waals surface area contributed by atoms with Gasteiger partial charge in [0, 0.05) is 32.9 Å². The number of amides is 2. The molecular formula is C31H33F3N4O6. The minimum absolute atomic E-state index is 0.0803. The molecule has 0 bridgehead atoms. The number of ether oxygens (including phenoxy) is 2. The molecule has 2 atom stereocenters. The second-order valence-electron chi connectivity index (χ2n) is 9.66. The monoisotopic (exact) mass is 614 g/mol. The molecule has 0 aliphatic rings. The summed E-state index contributed by atoms with van der Waals surface area (Å²) in [7, 11) is 1.42. The molecule has 44 heavy (non-hydrogen) atoms. The van der Waals surface area contributed by atoms with Crippen LogP contribution in [0.25, 0.3) is 11.1 Å². The van der Waals surface area contributed by atoms with Crippen molar-refractivity contribution in [1.29, 1.82) is 0 Å². The summed E-state index contributed by atoms with van der Waals surface area (Å²) >= 11 is 0. The SMILES string of the molecule is COCC[C@H](NC(=O)CCCNc1ccccn1)C(=O)NC(CC(=O)OC(=O)C(F)(F)F)c1ccc(-c2ccccc2)cc1. The topological polar surface area (TPSA) is 136 Å². The van der Waals surface area contributed by atoms with Gasteiger partial charge in [-0.2, -0.15) is 13.2 Å². The Morgan fingerprint density at radius 1 is 0.886 bits per heavy atom. The summed E-state index contributed by atoms with van der Waals surface area (Å²) in [5, 5.41) is 8.35. The zero-order valence-corrected chi connectivity index (χ0v) is 23.9. The van der Waals surface area contributed by atoms with Crippen LogP contribution >= 0.6 is 0 Å². The van der Waals surface area contributed by atoms with Crippen LogP contribution in [0.5, 0.6) is 0 Å². The van der Waals surface area contributed by atoms with E-state index in [1.54, 1.807) is 42.6 Å². The van der Waals surface area contributed by atoms with Crippen molar-refractivity contribution in [2.75, 3.05) is 25.6 Å². The lowest BCUT2D eigenvalue weighted by molar-refractivity contribution is -0.202. The third-order valence-electron chi connectivity index (χ3n) is 6.36. The van der Waals surface area contributed by atoms with E-state index in [1.165, 1.54) is 7.11 Å². The summed E-state index contributed by atoms with van der Waals surface area (Å²) < 4.78 is 47.1. The Hall–Kier alpha value is -4.78. The summed E-state index contributed by atoms with van der Waals surface area (Å²) in [6.07, 6.45) is -3.90. The van der Waals surface area contributed by atoms with E-state index >= 15 is 0 Å². The lowest BCUT2D eigenvalue weighted by atomic mass is 9.98. The van der Waals surface area contributed by atoms with Crippen LogP contribution in [0, 0.1) is 0 Å². The Morgan fingerprint density at radius 2 is 1.57 bits per heavy atom. The molecule has 0 aliphatic heterocycles. The van der Waals surface area contributed by atoms with Crippen molar-refractivity contribution in [3.63, 3.8) is 0 Å². The number of anilines is 1. The molecule has 3 N–H and O–H groups in total. The van der Waals surface area contributed by atoms with E-state index in [-0.39, 0.29) is 19.4 Å². The molecule has 13 heteroatoms. The maximum absolute atomic E-state index is 13.3. The number of methoxy groups -OCH3 is 1. The van der Waals surface area contributed by atoms with Crippen LogP contribution in [0.3, 0.4) is 0 Å². The summed E-state index contributed by atoms with van der Waals surface area (Å²) in [6, 6.07) is 19.1. The van der Waals surface area contributed by atoms with Gasteiger partial charge in [0.25, 0.3) is 0 Å². The number of carbonyl (C=O) groups excluding carboxylic acids is 4. The number of benzene rings is 2. The van der Waals surface area contributed by atoms with Crippen LogP contribution < -0.4 is 16.0 Å². The fraction of sp³-hybridized carbons (Fsp3) is 0.323. The predicted molar refractivity (Wildman–Crippen MR) is 155 cm³/mol. The zero-order chi connectivity index (χ0) is 32.0. The molecule has 234 valence electrons. The fourth-order valence-corrected chi connectivity index (χ4v) is 4.14. The smallest absolute Gasteiger partial charge is 0.386 e. The van der Waals surface area contributed by atoms with Gasteiger partial charge in [-0.05, 0) is 41.7 Å². The van der Waals surface area contributed by atoms with E-state index in [0.717, 1.165) is 11.1 Å². The minimum atomic E-state index is -5.37. The Labute approximate surface area is 252 Å². The zero-order valence-electron chi connectivity index (χ0n) is 23.9. The summed E-state index contributed by atoms with van der Waals surface area (Å²) in [4.78, 5) is 53.7. The van der Waals surface area contributed by atoms with Gasteiger partial charge in [0.05, 0.1) is 12.5 Å². The second-order valence-corrected chi connectivity index (χ2v) is 9.66. The average molecular weight is 615 g/mol. The van der Waals surface area contributed by atoms with Crippen LogP contribution in [-0.4, -0.2) is 61.2 Å². The van der Waals surface area contributed by atoms with E-state index < -0.39 is 48.4 Å². The van der Waals surface area contributed by atoms with Gasteiger partial charge in [-0.15, -0.1) is 0 Å². The molecule has 3 rings (SSSR count). The Kier molecular flexibility index (Phi) is 12.8. The third-order valence-corrected chi connectivity index (χ3v) is 6.36. The van der Waals surface area contributed by atoms with Crippen molar-refractivity contribution in [3.8, 4) is 11.1 Å². The van der Waals surface area contributed by atoms with E-state index in [0.29, 0.717) is 24.3 Å². The molecule has 0 aliphatic carbocycles. The maximum Gasteiger partial charge on any atom is 0.491 e. The number of hydrogen-bond acceptors (Lipinski definition) is 8. The summed E-state index contributed by atoms with van der Waals surface area (Å²) in [5.74, 6) is -4.60. The lowest BCUT2D eigenvalue weighted by Gasteiger charge is -2.24. The number of rotatable bonds is 15. The van der Waals surface area contributed by atoms with Crippen LogP contribution in [0.1, 0.15) is 37.3 Å². The van der Waals surface area contributed by atoms with Gasteiger partial charge in [-0.3, -0.25) is 14.4 Å². The molecule has 1 unspecified atom stereocenters. The van der Waals surface area contributed by atoms with Crippen molar-refractivity contribution >= 4 is 29.6 Å². The van der Waals surface area contributed by atoms with Gasteiger partial charge < -0.3 is 25.4 Å². The van der Waals surface area contributed by atoms with Crippen LogP contribution in [0.15, 0.2) is 79.0 Å². The number of nitrogens with one attached hydrogen (secondary N) is 3. The molecule has 0 radical (unpaired) electrons. The molecule has 0 saturated heterocycles. The van der Waals surface area contributed by atoms with E-state index in [2.05, 4.69) is 25.7 Å². The van der Waals surface area contributed by atoms with E-state index in [9.17, 15) is 32.3 Å². The minimum Gasteiger partial charge on any atom is -0.386 e. The highest BCUT2D eigenvalue weighted by Crippen LogP contribution is 2.25. The first-order valence-electron chi connectivity index (χ1n) is 13.8. The van der Waals surface area contributed by atoms with Crippen LogP contribution in [-0.2, 0) is 28.7 Å². The fourth-order valence-electron chi connectivity index (χ4n) is 4.14. The number of carbonyl (C=O) groups is 4. The number of aromatic nitrogens is 1. The van der Waals surface area contributed by atoms with Gasteiger partial charge >= 0.3 is 18.1 Å². The number of halogens is 3. The van der Waals surface area contributed by atoms with Crippen molar-refractivity contribution in [2.45, 2.75) is 43.9 Å². The normalized spacial score (nSPS) is 12.5. The predicted octanol–water partition coefficient (Wildman–Crippen LogP) is 4.34. The first kappa shape index (κ1) is 33.7. The Bertz CT molecular complexity index is 1370. The van der Waals surface area contributed by atoms with E-state index in [1.807, 2.05) is 36.4 Å². The average Bonchev–Trinajstić information content (AvgIpc) is 3.01. The number of nitrogens with zero attached hydrogens (tertiary/aromatic N) is 1. The number of alkyl halides is 3. The summed E-state index contributed by atoms with van der Waals surface area (Å²) in [6.45, 7) is 0.567. The second kappa shape index (κ2) is 16.8. The molecule has 0 saturated carbocycles. The molecule has 1 aromatic heterocycles. The highest BCUT2D eigenvalue weighted by Gasteiger charge is 2.42. The molecule has 2 amide bonds. The number of hydrogen-bond donors (Lipinski definition) is 3. The van der Waals surface area contributed by atoms with Crippen molar-refractivity contribution in [1.82, 2.24) is 15.6 Å². The molecule has 10 nitrogen and oxygen atoms in total. The Balaban J connectivity index is 1.70. The molecule has 0 spiro atoms. The third kappa shape index (κ3) is 11.1. The largest absolute Gasteiger partial charge is 0.491 e. The summed E-state index contributed by atoms with van der Waals surface area (Å²) in [5.41, 5.74) is 2.08. The number of pyridine rings is 1. The molecule has 1 heterocycles. The highest BCUT2D eigenvalue weighted by molar-refractivity contribution is 5.90. The van der Waals surface area contributed by atoms with Gasteiger partial charge in [0.2, 0.25) is 11.8 Å². The van der Waals surface area contributed by atoms with E-state index in [4.69, 9.17) is 4.74 Å². The van der Waals surface area contributed by atoms with Gasteiger partial charge in [0.15, 0.2) is 0 Å². The molecular weight excluding hydrogens is 581 g/mol. The maximum atomic E-state index is 13.3. The lowest BCUT2D eigenvalue weighted by Crippen LogP contribution is -2.48. The van der Waals surface area contributed by atoms with Crippen molar-refractivity contribution in [3.05, 3.63) is 84.6 Å². The first-order valence-corrected chi connectivity index (χ1v) is 13.8. The quantitative estimate of drug-likeness (QED) is 0.131. The van der Waals surface area contributed by atoms with Gasteiger partial charge in [-0.25, -0.2) is 9.78 Å². The molecule has 2 aromatic carbocycles. The van der Waals surface area contributed by atoms with Crippen LogP contribution in [0.4, 0.5) is 19.0 Å². The van der Waals surface area contributed by atoms with Gasteiger partial charge in [0.1, 0.15) is 11.9 Å². The van der Waals surface area contributed by atoms with Crippen molar-refractivity contribution in [2.24, 2.45) is 0 Å². The first-order chi connectivity index (χ1) is 21.1. The Morgan fingerprint density at radius 3 is 2.20 bits per heavy atom. The molecule has 0 fully saturated rings. The van der Waals surface area contributed by atoms with Crippen LogP contribution in [0.2, 0.25) is 0 Å². The van der Waals surface area contributed by atoms with Gasteiger partial charge in [-0.1, -0.05) is 60.7 Å². The molecule has 3 aromatic rings. The number of esters is 2. The highest BCUT2D eigenvalue weighted by atomic mass is 19.4. The standard InChI is InChI=1S/C31H33F3N4O6/c1-43-19-16-24(37-27(39)11-7-18-36-26-10-5-6-17-35-26)29(41)38-25(20-28(40)44-30(42)31(32,33)34)23-14-12-22(13-15-23)21-8-3-2-4-9-21/h2-6,8-10,12-15,17,24-25H,7,11,16,18-20H2,1H3,(H,35,36)(H,37,39)(H,38,41)/t24-,25?/m0/s1. The van der Waals surface area contributed by atoms with Crippen molar-refractivity contribution < 1.29 is 41.8 Å².